The first kappa shape index (κ1) is 17.4. The number of ketones is 1. The molecule has 0 bridgehead atoms. The van der Waals surface area contributed by atoms with Crippen LogP contribution in [0.5, 0.6) is 0 Å². The Labute approximate surface area is 148 Å². The van der Waals surface area contributed by atoms with Gasteiger partial charge < -0.3 is 0 Å². The monoisotopic (exact) mass is 355 g/mol. The van der Waals surface area contributed by atoms with Crippen molar-refractivity contribution in [1.82, 2.24) is 0 Å². The summed E-state index contributed by atoms with van der Waals surface area (Å²) < 4.78 is 28.1. The van der Waals surface area contributed by atoms with Gasteiger partial charge in [-0.1, -0.05) is 35.9 Å². The number of benzene rings is 2. The van der Waals surface area contributed by atoms with Crippen LogP contribution in [-0.2, 0) is 10.0 Å². The molecule has 0 N–H and O–H groups in total. The number of hydrogen-bond acceptors (Lipinski definition) is 3. The molecule has 0 fully saturated rings. The van der Waals surface area contributed by atoms with Crippen LogP contribution >= 0.6 is 0 Å². The van der Waals surface area contributed by atoms with Crippen LogP contribution < -0.4 is 4.31 Å². The van der Waals surface area contributed by atoms with Crippen molar-refractivity contribution in [3.8, 4) is 0 Å². The van der Waals surface area contributed by atoms with Crippen molar-refractivity contribution < 1.29 is 13.2 Å². The molecular formula is C20H21NO3S. The van der Waals surface area contributed by atoms with Crippen LogP contribution in [0.1, 0.15) is 35.2 Å². The lowest BCUT2D eigenvalue weighted by Gasteiger charge is -2.37. The Kier molecular flexibility index (Phi) is 4.77. The van der Waals surface area contributed by atoms with E-state index in [0.29, 0.717) is 24.1 Å². The van der Waals surface area contributed by atoms with Crippen molar-refractivity contribution in [1.29, 1.82) is 0 Å². The molecule has 0 saturated heterocycles. The molecule has 3 rings (SSSR count). The van der Waals surface area contributed by atoms with Crippen molar-refractivity contribution in [2.45, 2.75) is 37.1 Å². The highest BCUT2D eigenvalue weighted by Gasteiger charge is 2.38. The summed E-state index contributed by atoms with van der Waals surface area (Å²) in [6, 6.07) is 13.3. The van der Waals surface area contributed by atoms with Gasteiger partial charge in [0.05, 0.1) is 16.6 Å². The molecule has 0 radical (unpaired) electrons. The number of fused-ring (bicyclic) bond motifs is 1. The first-order valence-electron chi connectivity index (χ1n) is 8.29. The van der Waals surface area contributed by atoms with Gasteiger partial charge in [0.15, 0.2) is 5.78 Å². The molecule has 0 saturated carbocycles. The van der Waals surface area contributed by atoms with E-state index in [0.717, 1.165) is 5.56 Å². The first-order valence-corrected chi connectivity index (χ1v) is 9.73. The summed E-state index contributed by atoms with van der Waals surface area (Å²) in [6.45, 7) is 5.63. The van der Waals surface area contributed by atoms with Gasteiger partial charge in [-0.15, -0.1) is 6.58 Å². The van der Waals surface area contributed by atoms with Gasteiger partial charge in [-0.3, -0.25) is 9.10 Å². The van der Waals surface area contributed by atoms with Crippen LogP contribution in [0.25, 0.3) is 0 Å². The zero-order valence-electron chi connectivity index (χ0n) is 14.2. The molecule has 5 heteroatoms. The number of carbonyl (C=O) groups is 1. The lowest BCUT2D eigenvalue weighted by atomic mass is 9.94. The number of anilines is 1. The molecule has 1 aliphatic heterocycles. The molecule has 1 atom stereocenters. The Morgan fingerprint density at radius 3 is 2.52 bits per heavy atom. The molecule has 0 aliphatic carbocycles. The molecule has 2 aromatic rings. The molecule has 2 aromatic carbocycles. The number of nitrogens with zero attached hydrogens (tertiary/aromatic N) is 1. The Bertz CT molecular complexity index is 901. The van der Waals surface area contributed by atoms with Crippen molar-refractivity contribution in [3.05, 3.63) is 72.3 Å². The van der Waals surface area contributed by atoms with E-state index >= 15 is 0 Å². The second-order valence-corrected chi connectivity index (χ2v) is 8.09. The zero-order chi connectivity index (χ0) is 18.0. The van der Waals surface area contributed by atoms with Gasteiger partial charge in [-0.05, 0) is 44.0 Å². The SMILES string of the molecule is C=CCCC1CC(=O)c2ccccc2N1S(=O)(=O)c1ccc(C)cc1. The third-order valence-electron chi connectivity index (χ3n) is 4.48. The topological polar surface area (TPSA) is 54.5 Å². The molecule has 25 heavy (non-hydrogen) atoms. The number of sulfonamides is 1. The summed E-state index contributed by atoms with van der Waals surface area (Å²) in [7, 11) is -3.75. The number of Topliss-reactive ketones (excluding diaryl/α,β-unsaturated/α-hetero) is 1. The minimum atomic E-state index is -3.75. The Morgan fingerprint density at radius 2 is 1.84 bits per heavy atom. The van der Waals surface area contributed by atoms with E-state index in [9.17, 15) is 13.2 Å². The van der Waals surface area contributed by atoms with Crippen LogP contribution in [0.4, 0.5) is 5.69 Å². The summed E-state index contributed by atoms with van der Waals surface area (Å²) in [4.78, 5) is 12.7. The second kappa shape index (κ2) is 6.84. The molecule has 1 heterocycles. The molecule has 0 amide bonds. The predicted octanol–water partition coefficient (Wildman–Crippen LogP) is 4.11. The quantitative estimate of drug-likeness (QED) is 0.759. The fraction of sp³-hybridized carbons (Fsp3) is 0.250. The third-order valence-corrected chi connectivity index (χ3v) is 6.36. The van der Waals surface area contributed by atoms with Gasteiger partial charge in [-0.25, -0.2) is 8.42 Å². The van der Waals surface area contributed by atoms with Gasteiger partial charge in [0.1, 0.15) is 0 Å². The minimum absolute atomic E-state index is 0.0139. The molecular weight excluding hydrogens is 334 g/mol. The molecule has 4 nitrogen and oxygen atoms in total. The highest BCUT2D eigenvalue weighted by Crippen LogP contribution is 2.36. The Morgan fingerprint density at radius 1 is 1.16 bits per heavy atom. The molecule has 0 aromatic heterocycles. The van der Waals surface area contributed by atoms with Gasteiger partial charge in [-0.2, -0.15) is 0 Å². The standard InChI is InChI=1S/C20H21NO3S/c1-3-4-7-16-14-20(22)18-8-5-6-9-19(18)21(16)25(23,24)17-12-10-15(2)11-13-17/h3,5-6,8-13,16H,1,4,7,14H2,2H3. The highest BCUT2D eigenvalue weighted by molar-refractivity contribution is 7.92. The molecule has 0 spiro atoms. The van der Waals surface area contributed by atoms with Crippen molar-refractivity contribution in [2.75, 3.05) is 4.31 Å². The van der Waals surface area contributed by atoms with E-state index in [4.69, 9.17) is 0 Å². The maximum Gasteiger partial charge on any atom is 0.264 e. The largest absolute Gasteiger partial charge is 0.294 e. The first-order chi connectivity index (χ1) is 11.9. The predicted molar refractivity (Wildman–Crippen MR) is 99.5 cm³/mol. The van der Waals surface area contributed by atoms with Crippen LogP contribution in [0.15, 0.2) is 66.1 Å². The van der Waals surface area contributed by atoms with Crippen LogP contribution in [-0.4, -0.2) is 20.2 Å². The number of allylic oxidation sites excluding steroid dienone is 1. The van der Waals surface area contributed by atoms with Gasteiger partial charge in [0, 0.05) is 12.0 Å². The van der Waals surface area contributed by atoms with E-state index in [1.165, 1.54) is 4.31 Å². The van der Waals surface area contributed by atoms with Gasteiger partial charge in [0.2, 0.25) is 0 Å². The zero-order valence-corrected chi connectivity index (χ0v) is 15.0. The normalized spacial score (nSPS) is 17.2. The average Bonchev–Trinajstić information content (AvgIpc) is 2.60. The maximum atomic E-state index is 13.3. The summed E-state index contributed by atoms with van der Waals surface area (Å²) >= 11 is 0. The fourth-order valence-corrected chi connectivity index (χ4v) is 4.88. The van der Waals surface area contributed by atoms with Crippen molar-refractivity contribution >= 4 is 21.5 Å². The fourth-order valence-electron chi connectivity index (χ4n) is 3.18. The smallest absolute Gasteiger partial charge is 0.264 e. The average molecular weight is 355 g/mol. The number of hydrogen-bond donors (Lipinski definition) is 0. The minimum Gasteiger partial charge on any atom is -0.294 e. The van der Waals surface area contributed by atoms with Crippen molar-refractivity contribution in [3.63, 3.8) is 0 Å². The third kappa shape index (κ3) is 3.24. The summed E-state index contributed by atoms with van der Waals surface area (Å²) in [6.07, 6.45) is 3.16. The lowest BCUT2D eigenvalue weighted by Crippen LogP contribution is -2.45. The molecule has 130 valence electrons. The highest BCUT2D eigenvalue weighted by atomic mass is 32.2. The maximum absolute atomic E-state index is 13.3. The second-order valence-electron chi connectivity index (χ2n) is 6.28. The van der Waals surface area contributed by atoms with Crippen LogP contribution in [0, 0.1) is 6.92 Å². The van der Waals surface area contributed by atoms with E-state index in [2.05, 4.69) is 6.58 Å². The lowest BCUT2D eigenvalue weighted by molar-refractivity contribution is 0.0968. The van der Waals surface area contributed by atoms with Crippen molar-refractivity contribution in [2.24, 2.45) is 0 Å². The van der Waals surface area contributed by atoms with Gasteiger partial charge >= 0.3 is 0 Å². The Hall–Kier alpha value is -2.40. The van der Waals surface area contributed by atoms with E-state index in [1.54, 1.807) is 54.6 Å². The van der Waals surface area contributed by atoms with Crippen LogP contribution in [0.3, 0.4) is 0 Å². The summed E-state index contributed by atoms with van der Waals surface area (Å²) in [5.41, 5.74) is 1.93. The molecule has 1 unspecified atom stereocenters. The number of aryl methyl sites for hydroxylation is 1. The van der Waals surface area contributed by atoms with Crippen LogP contribution in [0.2, 0.25) is 0 Å². The number of para-hydroxylation sites is 1. The Balaban J connectivity index is 2.14. The number of rotatable bonds is 5. The van der Waals surface area contributed by atoms with Gasteiger partial charge in [0.25, 0.3) is 10.0 Å². The van der Waals surface area contributed by atoms with E-state index in [-0.39, 0.29) is 17.1 Å². The van der Waals surface area contributed by atoms with E-state index < -0.39 is 16.1 Å². The van der Waals surface area contributed by atoms with E-state index in [1.807, 2.05) is 6.92 Å². The summed E-state index contributed by atoms with van der Waals surface area (Å²) in [5.74, 6) is -0.0139. The summed E-state index contributed by atoms with van der Waals surface area (Å²) in [5, 5.41) is 0. The number of carbonyl (C=O) groups excluding carboxylic acids is 1. The molecule has 1 aliphatic rings.